The summed E-state index contributed by atoms with van der Waals surface area (Å²) in [5, 5.41) is 2.77. The Kier molecular flexibility index (Phi) is 35.2. The van der Waals surface area contributed by atoms with Gasteiger partial charge in [-0.1, -0.05) is 215 Å². The molecule has 0 radical (unpaired) electrons. The van der Waals surface area contributed by atoms with E-state index in [1.54, 1.807) is 24.3 Å². The minimum atomic E-state index is -1.07. The summed E-state index contributed by atoms with van der Waals surface area (Å²) in [6, 6.07) is 31.0. The highest BCUT2D eigenvalue weighted by molar-refractivity contribution is 6.39. The van der Waals surface area contributed by atoms with Crippen LogP contribution in [-0.2, 0) is 0 Å². The molecule has 0 aliphatic heterocycles. The number of nitrogens with zero attached hydrogens (tertiary/aromatic N) is 1. The molecule has 1 unspecified atom stereocenters. The molecule has 0 heterocycles. The molecule has 0 aromatic heterocycles. The number of benzene rings is 4. The van der Waals surface area contributed by atoms with Crippen LogP contribution < -0.4 is 14.0 Å². The largest absolute Gasteiger partial charge is 0.864 e. The van der Waals surface area contributed by atoms with Crippen molar-refractivity contribution in [2.24, 2.45) is 0 Å². The van der Waals surface area contributed by atoms with E-state index in [9.17, 15) is 0 Å². The first kappa shape index (κ1) is 61.8. The number of unbranched alkanes of at least 4 members (excludes halogenated alkanes) is 26. The summed E-state index contributed by atoms with van der Waals surface area (Å²) in [6.07, 6.45) is 39.7. The van der Waals surface area contributed by atoms with Gasteiger partial charge in [-0.3, -0.25) is 0 Å². The van der Waals surface area contributed by atoms with E-state index in [1.807, 2.05) is 60.7 Å². The second-order valence-corrected chi connectivity index (χ2v) is 21.6. The molecule has 4 aromatic carbocycles. The number of halogens is 4. The second-order valence-electron chi connectivity index (χ2n) is 19.9. The van der Waals surface area contributed by atoms with Crippen molar-refractivity contribution in [1.29, 1.82) is 0 Å². The van der Waals surface area contributed by atoms with E-state index in [1.165, 1.54) is 186 Å². The minimum Gasteiger partial charge on any atom is -0.490 e. The normalized spacial score (nSPS) is 11.8. The maximum Gasteiger partial charge on any atom is 0.864 e. The van der Waals surface area contributed by atoms with Gasteiger partial charge in [0.05, 0.1) is 25.7 Å². The van der Waals surface area contributed by atoms with E-state index in [-0.39, 0.29) is 6.04 Å². The second kappa shape index (κ2) is 39.9. The first-order chi connectivity index (χ1) is 34.2. The topological polar surface area (TPSA) is 27.7 Å². The lowest BCUT2D eigenvalue weighted by Crippen LogP contribution is -2.49. The lowest BCUT2D eigenvalue weighted by atomic mass is 9.93. The molecule has 4 nitrogen and oxygen atoms in total. The standard InChI is InChI=1S/C55H88BCl3NO3.C6H4Cl/c1-5-8-11-14-17-20-23-26-29-32-45-60(4,46-33-30-27-24-21-18-15-12-9-6-2)54(34-31-28-25-22-19-16-13-10-7-3)53-47-50(59)39-44-55(53)63-56(61-51-40-35-48(57)36-41-51)62-52-42-37-49(58)38-43-52;7-6-4-2-1-3-5-6/h35-44,47,54H,5-34,45-46H2,1-4H3;2-5H/q+1;-1. The van der Waals surface area contributed by atoms with Crippen molar-refractivity contribution in [2.45, 2.75) is 219 Å². The fraction of sp³-hybridized carbons (Fsp3) is 0.607. The zero-order chi connectivity index (χ0) is 50.3. The molecule has 0 bridgehead atoms. The Labute approximate surface area is 449 Å². The SMILES string of the molecule is CCCCCCCCCCCC[N+](C)(CCCCCCCCCCCC)C(CCCCCCCCCCC)c1cc(Cl)ccc1OB(Oc1ccc(Cl)cc1)Oc1ccc(Cl)cc1.Clc1cc[c-]cc1. The van der Waals surface area contributed by atoms with E-state index >= 15 is 0 Å². The Morgan fingerprint density at radius 1 is 0.414 bits per heavy atom. The highest BCUT2D eigenvalue weighted by Gasteiger charge is 2.38. The summed E-state index contributed by atoms with van der Waals surface area (Å²) in [7, 11) is 1.47. The molecule has 0 fully saturated rings. The Morgan fingerprint density at radius 2 is 0.757 bits per heavy atom. The molecule has 0 saturated carbocycles. The van der Waals surface area contributed by atoms with Crippen LogP contribution in [0.1, 0.15) is 225 Å². The van der Waals surface area contributed by atoms with Gasteiger partial charge in [0.15, 0.2) is 0 Å². The van der Waals surface area contributed by atoms with Crippen molar-refractivity contribution in [3.8, 4) is 17.2 Å². The van der Waals surface area contributed by atoms with E-state index < -0.39 is 7.32 Å². The Balaban J connectivity index is 0.00000169. The average molecular weight is 1040 g/mol. The smallest absolute Gasteiger partial charge is 0.490 e. The quantitative estimate of drug-likeness (QED) is 0.0192. The van der Waals surface area contributed by atoms with Crippen molar-refractivity contribution >= 4 is 53.7 Å². The predicted molar refractivity (Wildman–Crippen MR) is 306 cm³/mol. The summed E-state index contributed by atoms with van der Waals surface area (Å²) >= 11 is 25.0. The lowest BCUT2D eigenvalue weighted by molar-refractivity contribution is -0.940. The molecule has 0 N–H and O–H groups in total. The summed E-state index contributed by atoms with van der Waals surface area (Å²) in [4.78, 5) is 0. The van der Waals surface area contributed by atoms with Crippen LogP contribution in [-0.4, -0.2) is 31.9 Å². The van der Waals surface area contributed by atoms with Crippen LogP contribution in [0.25, 0.3) is 0 Å². The first-order valence-corrected chi connectivity index (χ1v) is 29.4. The number of rotatable bonds is 40. The number of hydrogen-bond donors (Lipinski definition) is 0. The van der Waals surface area contributed by atoms with Gasteiger partial charge < -0.3 is 18.4 Å². The van der Waals surface area contributed by atoms with Crippen molar-refractivity contribution in [3.63, 3.8) is 0 Å². The molecule has 0 aliphatic carbocycles. The van der Waals surface area contributed by atoms with Crippen LogP contribution in [0.2, 0.25) is 20.1 Å². The maximum atomic E-state index is 6.97. The molecule has 0 spiro atoms. The van der Waals surface area contributed by atoms with Gasteiger partial charge in [0.2, 0.25) is 0 Å². The van der Waals surface area contributed by atoms with Crippen LogP contribution in [0.3, 0.4) is 0 Å². The lowest BCUT2D eigenvalue weighted by Gasteiger charge is -2.43. The van der Waals surface area contributed by atoms with E-state index in [2.05, 4.69) is 40.0 Å². The minimum absolute atomic E-state index is 0.215. The zero-order valence-electron chi connectivity index (χ0n) is 44.1. The van der Waals surface area contributed by atoms with Gasteiger partial charge in [0, 0.05) is 21.5 Å². The first-order valence-electron chi connectivity index (χ1n) is 27.9. The molecule has 0 saturated heterocycles. The molecular weight excluding hydrogens is 947 g/mol. The molecule has 9 heteroatoms. The number of hydrogen-bond acceptors (Lipinski definition) is 3. The fourth-order valence-corrected chi connectivity index (χ4v) is 10.0. The Morgan fingerprint density at radius 3 is 1.13 bits per heavy atom. The molecule has 0 aliphatic rings. The summed E-state index contributed by atoms with van der Waals surface area (Å²) < 4.78 is 20.7. The summed E-state index contributed by atoms with van der Waals surface area (Å²) in [5.41, 5.74) is 1.15. The van der Waals surface area contributed by atoms with Gasteiger partial charge in [-0.15, -0.1) is 11.6 Å². The van der Waals surface area contributed by atoms with Crippen molar-refractivity contribution in [2.75, 3.05) is 20.1 Å². The zero-order valence-corrected chi connectivity index (χ0v) is 47.1. The monoisotopic (exact) mass is 1040 g/mol. The van der Waals surface area contributed by atoms with Crippen LogP contribution >= 0.6 is 46.4 Å². The Bertz CT molecular complexity index is 1760. The molecule has 0 amide bonds. The molecule has 70 heavy (non-hydrogen) atoms. The fourth-order valence-electron chi connectivity index (χ4n) is 9.47. The molecule has 390 valence electrons. The van der Waals surface area contributed by atoms with Crippen LogP contribution in [0.4, 0.5) is 0 Å². The molecule has 1 atom stereocenters. The Hall–Kier alpha value is -2.54. The summed E-state index contributed by atoms with van der Waals surface area (Å²) in [6.45, 7) is 9.19. The van der Waals surface area contributed by atoms with Crippen molar-refractivity contribution < 1.29 is 18.4 Å². The van der Waals surface area contributed by atoms with Crippen molar-refractivity contribution in [3.05, 3.63) is 123 Å². The third-order valence-electron chi connectivity index (χ3n) is 13.7. The van der Waals surface area contributed by atoms with Gasteiger partial charge >= 0.3 is 7.32 Å². The van der Waals surface area contributed by atoms with E-state index in [0.717, 1.165) is 45.4 Å². The summed E-state index contributed by atoms with van der Waals surface area (Å²) in [5.74, 6) is 1.95. The molecule has 4 rings (SSSR count). The predicted octanol–water partition coefficient (Wildman–Crippen LogP) is 21.6. The van der Waals surface area contributed by atoms with Crippen LogP contribution in [0.15, 0.2) is 91.0 Å². The van der Waals surface area contributed by atoms with Gasteiger partial charge in [-0.05, 0) is 98.8 Å². The van der Waals surface area contributed by atoms with Gasteiger partial charge in [-0.2, -0.15) is 30.3 Å². The van der Waals surface area contributed by atoms with Gasteiger partial charge in [0.1, 0.15) is 23.3 Å². The molecular formula is C61H92BCl4NO3. The number of quaternary nitrogens is 1. The van der Waals surface area contributed by atoms with Crippen LogP contribution in [0, 0.1) is 6.07 Å². The van der Waals surface area contributed by atoms with Crippen molar-refractivity contribution in [1.82, 2.24) is 0 Å². The van der Waals surface area contributed by atoms with Gasteiger partial charge in [-0.25, -0.2) is 0 Å². The average Bonchev–Trinajstić information content (AvgIpc) is 3.36. The highest BCUT2D eigenvalue weighted by Crippen LogP contribution is 2.40. The maximum absolute atomic E-state index is 6.97. The van der Waals surface area contributed by atoms with Crippen LogP contribution in [0.5, 0.6) is 17.2 Å². The highest BCUT2D eigenvalue weighted by atomic mass is 35.5. The third kappa shape index (κ3) is 28.6. The van der Waals surface area contributed by atoms with Gasteiger partial charge in [0.25, 0.3) is 0 Å². The van der Waals surface area contributed by atoms with E-state index in [4.69, 9.17) is 60.4 Å². The van der Waals surface area contributed by atoms with E-state index in [0.29, 0.717) is 21.5 Å². The third-order valence-corrected chi connectivity index (χ3v) is 14.7. The molecule has 4 aromatic rings.